The van der Waals surface area contributed by atoms with Crippen molar-refractivity contribution in [3.8, 4) is 0 Å². The van der Waals surface area contributed by atoms with E-state index in [0.29, 0.717) is 6.04 Å². The normalized spacial score (nSPS) is 17.1. The lowest BCUT2D eigenvalue weighted by atomic mass is 9.85. The molecule has 0 aliphatic heterocycles. The Hall–Kier alpha value is -0.540. The molecule has 1 saturated carbocycles. The predicted octanol–water partition coefficient (Wildman–Crippen LogP) is 4.36. The SMILES string of the molecule is CCN(CC1CCC1)c1ccc(Br)cc1C(C)NC. The minimum Gasteiger partial charge on any atom is -0.371 e. The summed E-state index contributed by atoms with van der Waals surface area (Å²) in [5.41, 5.74) is 2.78. The van der Waals surface area contributed by atoms with Gasteiger partial charge >= 0.3 is 0 Å². The van der Waals surface area contributed by atoms with Gasteiger partial charge in [0.15, 0.2) is 0 Å². The molecule has 1 fully saturated rings. The van der Waals surface area contributed by atoms with Crippen molar-refractivity contribution in [1.29, 1.82) is 0 Å². The van der Waals surface area contributed by atoms with E-state index in [-0.39, 0.29) is 0 Å². The summed E-state index contributed by atoms with van der Waals surface area (Å²) in [6, 6.07) is 7.04. The maximum absolute atomic E-state index is 3.59. The molecular formula is C16H25BrN2. The molecule has 0 heterocycles. The van der Waals surface area contributed by atoms with E-state index in [9.17, 15) is 0 Å². The summed E-state index contributed by atoms with van der Waals surface area (Å²) in [6.45, 7) is 6.78. The summed E-state index contributed by atoms with van der Waals surface area (Å²) < 4.78 is 1.16. The second kappa shape index (κ2) is 6.76. The first-order chi connectivity index (χ1) is 9.15. The van der Waals surface area contributed by atoms with E-state index >= 15 is 0 Å². The summed E-state index contributed by atoms with van der Waals surface area (Å²) in [5, 5.41) is 3.36. The fraction of sp³-hybridized carbons (Fsp3) is 0.625. The molecule has 0 bridgehead atoms. The fourth-order valence-corrected chi connectivity index (χ4v) is 3.08. The summed E-state index contributed by atoms with van der Waals surface area (Å²) in [6.07, 6.45) is 4.23. The Morgan fingerprint density at radius 3 is 2.68 bits per heavy atom. The van der Waals surface area contributed by atoms with Gasteiger partial charge in [0.05, 0.1) is 0 Å². The third-order valence-electron chi connectivity index (χ3n) is 4.31. The molecule has 2 rings (SSSR count). The second-order valence-electron chi connectivity index (χ2n) is 5.55. The highest BCUT2D eigenvalue weighted by Crippen LogP contribution is 2.33. The Bertz CT molecular complexity index is 415. The zero-order valence-electron chi connectivity index (χ0n) is 12.2. The van der Waals surface area contributed by atoms with E-state index in [1.165, 1.54) is 37.1 Å². The van der Waals surface area contributed by atoms with Gasteiger partial charge in [-0.25, -0.2) is 0 Å². The molecule has 1 aliphatic carbocycles. The van der Waals surface area contributed by atoms with Crippen LogP contribution in [0.4, 0.5) is 5.69 Å². The van der Waals surface area contributed by atoms with Crippen molar-refractivity contribution in [2.45, 2.75) is 39.2 Å². The lowest BCUT2D eigenvalue weighted by Gasteiger charge is -2.35. The average Bonchev–Trinajstić information content (AvgIpc) is 2.37. The number of halogens is 1. The van der Waals surface area contributed by atoms with Crippen molar-refractivity contribution in [3.05, 3.63) is 28.2 Å². The van der Waals surface area contributed by atoms with Gasteiger partial charge in [-0.3, -0.25) is 0 Å². The molecule has 0 aromatic heterocycles. The number of hydrogen-bond acceptors (Lipinski definition) is 2. The molecule has 0 saturated heterocycles. The zero-order valence-corrected chi connectivity index (χ0v) is 13.8. The number of benzene rings is 1. The Kier molecular flexibility index (Phi) is 5.28. The van der Waals surface area contributed by atoms with Crippen LogP contribution in [0, 0.1) is 5.92 Å². The third-order valence-corrected chi connectivity index (χ3v) is 4.81. The van der Waals surface area contributed by atoms with E-state index < -0.39 is 0 Å². The molecule has 0 amide bonds. The average molecular weight is 325 g/mol. The first-order valence-corrected chi connectivity index (χ1v) is 8.16. The molecule has 1 N–H and O–H groups in total. The van der Waals surface area contributed by atoms with E-state index in [1.807, 2.05) is 7.05 Å². The van der Waals surface area contributed by atoms with E-state index in [2.05, 4.69) is 58.2 Å². The van der Waals surface area contributed by atoms with E-state index in [1.54, 1.807) is 0 Å². The summed E-state index contributed by atoms with van der Waals surface area (Å²) in [4.78, 5) is 2.54. The predicted molar refractivity (Wildman–Crippen MR) is 86.8 cm³/mol. The molecule has 19 heavy (non-hydrogen) atoms. The molecule has 106 valence electrons. The van der Waals surface area contributed by atoms with Crippen LogP contribution in [0.1, 0.15) is 44.7 Å². The minimum absolute atomic E-state index is 0.378. The van der Waals surface area contributed by atoms with Crippen LogP contribution >= 0.6 is 15.9 Å². The van der Waals surface area contributed by atoms with Crippen molar-refractivity contribution >= 4 is 21.6 Å². The number of hydrogen-bond donors (Lipinski definition) is 1. The van der Waals surface area contributed by atoms with Gasteiger partial charge in [0, 0.05) is 29.3 Å². The van der Waals surface area contributed by atoms with Crippen molar-refractivity contribution in [3.63, 3.8) is 0 Å². The van der Waals surface area contributed by atoms with Crippen molar-refractivity contribution in [2.24, 2.45) is 5.92 Å². The van der Waals surface area contributed by atoms with Gasteiger partial charge in [0.2, 0.25) is 0 Å². The zero-order chi connectivity index (χ0) is 13.8. The van der Waals surface area contributed by atoms with Gasteiger partial charge in [0.25, 0.3) is 0 Å². The van der Waals surface area contributed by atoms with Crippen LogP contribution in [-0.2, 0) is 0 Å². The molecule has 2 nitrogen and oxygen atoms in total. The Labute approximate surface area is 125 Å². The first-order valence-electron chi connectivity index (χ1n) is 7.37. The van der Waals surface area contributed by atoms with Gasteiger partial charge in [-0.05, 0) is 63.4 Å². The fourth-order valence-electron chi connectivity index (χ4n) is 2.70. The van der Waals surface area contributed by atoms with E-state index in [4.69, 9.17) is 0 Å². The summed E-state index contributed by atoms with van der Waals surface area (Å²) in [7, 11) is 2.03. The largest absolute Gasteiger partial charge is 0.371 e. The highest BCUT2D eigenvalue weighted by Gasteiger charge is 2.22. The van der Waals surface area contributed by atoms with Crippen molar-refractivity contribution < 1.29 is 0 Å². The Morgan fingerprint density at radius 1 is 1.42 bits per heavy atom. The van der Waals surface area contributed by atoms with Crippen LogP contribution in [0.5, 0.6) is 0 Å². The number of nitrogens with zero attached hydrogens (tertiary/aromatic N) is 1. The topological polar surface area (TPSA) is 15.3 Å². The van der Waals surface area contributed by atoms with Crippen LogP contribution in [0.25, 0.3) is 0 Å². The van der Waals surface area contributed by atoms with Crippen molar-refractivity contribution in [1.82, 2.24) is 5.32 Å². The van der Waals surface area contributed by atoms with Gasteiger partial charge in [-0.15, -0.1) is 0 Å². The minimum atomic E-state index is 0.378. The molecule has 1 aliphatic rings. The Balaban J connectivity index is 2.24. The molecule has 1 unspecified atom stereocenters. The van der Waals surface area contributed by atoms with Crippen LogP contribution in [0.3, 0.4) is 0 Å². The molecule has 0 spiro atoms. The van der Waals surface area contributed by atoms with Crippen molar-refractivity contribution in [2.75, 3.05) is 25.0 Å². The second-order valence-corrected chi connectivity index (χ2v) is 6.46. The summed E-state index contributed by atoms with van der Waals surface area (Å²) in [5.74, 6) is 0.904. The van der Waals surface area contributed by atoms with Gasteiger partial charge < -0.3 is 10.2 Å². The molecular weight excluding hydrogens is 300 g/mol. The van der Waals surface area contributed by atoms with Crippen LogP contribution < -0.4 is 10.2 Å². The van der Waals surface area contributed by atoms with E-state index in [0.717, 1.165) is 16.9 Å². The Morgan fingerprint density at radius 2 is 2.16 bits per heavy atom. The number of nitrogens with one attached hydrogen (secondary N) is 1. The molecule has 0 radical (unpaired) electrons. The smallest absolute Gasteiger partial charge is 0.0415 e. The highest BCUT2D eigenvalue weighted by molar-refractivity contribution is 9.10. The molecule has 1 aromatic carbocycles. The lowest BCUT2D eigenvalue weighted by Crippen LogP contribution is -2.33. The maximum Gasteiger partial charge on any atom is 0.0415 e. The molecule has 3 heteroatoms. The first kappa shape index (κ1) is 14.9. The van der Waals surface area contributed by atoms with Gasteiger partial charge in [0.1, 0.15) is 0 Å². The molecule has 1 aromatic rings. The molecule has 1 atom stereocenters. The van der Waals surface area contributed by atoms with Crippen LogP contribution in [0.15, 0.2) is 22.7 Å². The maximum atomic E-state index is 3.59. The lowest BCUT2D eigenvalue weighted by molar-refractivity contribution is 0.318. The van der Waals surface area contributed by atoms with Gasteiger partial charge in [-0.2, -0.15) is 0 Å². The highest BCUT2D eigenvalue weighted by atomic mass is 79.9. The van der Waals surface area contributed by atoms with Gasteiger partial charge in [-0.1, -0.05) is 22.4 Å². The quantitative estimate of drug-likeness (QED) is 0.836. The van der Waals surface area contributed by atoms with Crippen LogP contribution in [-0.4, -0.2) is 20.1 Å². The third kappa shape index (κ3) is 3.51. The number of rotatable bonds is 6. The standard InChI is InChI=1S/C16H25BrN2/c1-4-19(11-13-6-5-7-13)16-9-8-14(17)10-15(16)12(2)18-3/h8-10,12-13,18H,4-7,11H2,1-3H3. The summed E-state index contributed by atoms with van der Waals surface area (Å²) >= 11 is 3.59. The monoisotopic (exact) mass is 324 g/mol. The van der Waals surface area contributed by atoms with Crippen LogP contribution in [0.2, 0.25) is 0 Å². The number of anilines is 1.